The highest BCUT2D eigenvalue weighted by Gasteiger charge is 2.20. The molecule has 98 valence electrons. The summed E-state index contributed by atoms with van der Waals surface area (Å²) < 4.78 is 0. The fraction of sp³-hybridized carbons (Fsp3) is 0.0556. The van der Waals surface area contributed by atoms with E-state index in [2.05, 4.69) is 6.08 Å². The average Bonchev–Trinajstić information content (AvgIpc) is 2.77. The summed E-state index contributed by atoms with van der Waals surface area (Å²) in [6.45, 7) is 0. The van der Waals surface area contributed by atoms with Crippen molar-refractivity contribution >= 4 is 23.7 Å². The molecule has 0 heterocycles. The van der Waals surface area contributed by atoms with E-state index in [1.54, 1.807) is 0 Å². The Labute approximate surface area is 117 Å². The van der Waals surface area contributed by atoms with Gasteiger partial charge in [-0.3, -0.25) is 4.79 Å². The van der Waals surface area contributed by atoms with E-state index < -0.39 is 5.97 Å². The first-order valence-electron chi connectivity index (χ1n) is 6.53. The van der Waals surface area contributed by atoms with E-state index in [0.717, 1.165) is 27.8 Å². The van der Waals surface area contributed by atoms with Crippen molar-refractivity contribution in [3.63, 3.8) is 0 Å². The summed E-state index contributed by atoms with van der Waals surface area (Å²) in [5.74, 6) is -0.803. The highest BCUT2D eigenvalue weighted by molar-refractivity contribution is 6.03. The summed E-state index contributed by atoms with van der Waals surface area (Å²) in [6, 6.07) is 18.0. The third-order valence-electron chi connectivity index (χ3n) is 3.38. The first-order chi connectivity index (χ1) is 9.74. The van der Waals surface area contributed by atoms with Crippen LogP contribution >= 0.6 is 0 Å². The number of hydrogen-bond acceptors (Lipinski definition) is 1. The van der Waals surface area contributed by atoms with Gasteiger partial charge in [0.05, 0.1) is 6.42 Å². The molecule has 0 atom stereocenters. The van der Waals surface area contributed by atoms with Crippen LogP contribution in [0.25, 0.3) is 17.7 Å². The van der Waals surface area contributed by atoms with Gasteiger partial charge in [-0.15, -0.1) is 0 Å². The third kappa shape index (κ3) is 2.41. The number of benzene rings is 2. The van der Waals surface area contributed by atoms with Crippen LogP contribution in [0.5, 0.6) is 0 Å². The number of hydrogen-bond donors (Lipinski definition) is 1. The Morgan fingerprint density at radius 1 is 1.00 bits per heavy atom. The van der Waals surface area contributed by atoms with E-state index in [0.29, 0.717) is 0 Å². The largest absolute Gasteiger partial charge is 0.481 e. The van der Waals surface area contributed by atoms with Crippen LogP contribution in [0.3, 0.4) is 0 Å². The lowest BCUT2D eigenvalue weighted by Crippen LogP contribution is -1.97. The zero-order valence-corrected chi connectivity index (χ0v) is 10.9. The van der Waals surface area contributed by atoms with Gasteiger partial charge in [0, 0.05) is 0 Å². The monoisotopic (exact) mass is 262 g/mol. The summed E-state index contributed by atoms with van der Waals surface area (Å²) in [5.41, 5.74) is 5.14. The van der Waals surface area contributed by atoms with Crippen molar-refractivity contribution < 1.29 is 9.90 Å². The maximum absolute atomic E-state index is 11.0. The molecular formula is C18H14O2. The van der Waals surface area contributed by atoms with E-state index in [1.165, 1.54) is 0 Å². The molecule has 0 unspecified atom stereocenters. The summed E-state index contributed by atoms with van der Waals surface area (Å²) in [5, 5.41) is 9.07. The Kier molecular flexibility index (Phi) is 3.21. The number of aliphatic carboxylic acids is 1. The molecule has 1 aliphatic rings. The first-order valence-corrected chi connectivity index (χ1v) is 6.53. The molecule has 0 saturated carbocycles. The van der Waals surface area contributed by atoms with Crippen LogP contribution in [-0.2, 0) is 4.79 Å². The summed E-state index contributed by atoms with van der Waals surface area (Å²) in [6.07, 6.45) is 4.08. The van der Waals surface area contributed by atoms with Gasteiger partial charge in [-0.1, -0.05) is 54.6 Å². The lowest BCUT2D eigenvalue weighted by molar-refractivity contribution is -0.136. The molecule has 0 aromatic heterocycles. The van der Waals surface area contributed by atoms with Gasteiger partial charge in [0.15, 0.2) is 0 Å². The molecule has 3 rings (SSSR count). The zero-order valence-electron chi connectivity index (χ0n) is 10.9. The lowest BCUT2D eigenvalue weighted by atomic mass is 9.98. The molecule has 2 aromatic carbocycles. The van der Waals surface area contributed by atoms with Gasteiger partial charge in [0.25, 0.3) is 0 Å². The Morgan fingerprint density at radius 3 is 2.45 bits per heavy atom. The predicted octanol–water partition coefficient (Wildman–Crippen LogP) is 4.10. The molecule has 2 heteroatoms. The molecule has 0 amide bonds. The maximum atomic E-state index is 11.0. The van der Waals surface area contributed by atoms with Crippen molar-refractivity contribution in [1.82, 2.24) is 0 Å². The molecule has 2 nitrogen and oxygen atoms in total. The van der Waals surface area contributed by atoms with Crippen LogP contribution in [-0.4, -0.2) is 11.1 Å². The smallest absolute Gasteiger partial charge is 0.307 e. The minimum atomic E-state index is -0.803. The third-order valence-corrected chi connectivity index (χ3v) is 3.38. The zero-order chi connectivity index (χ0) is 13.9. The van der Waals surface area contributed by atoms with Crippen LogP contribution in [0, 0.1) is 0 Å². The number of rotatable bonds is 3. The Bertz CT molecular complexity index is 709. The molecular weight excluding hydrogens is 248 g/mol. The standard InChI is InChI=1S/C18H14O2/c19-18(20)12-15-11-14-8-4-5-9-16(14)17(15)10-13-6-2-1-3-7-13/h1-11H,12H2,(H,19,20). The van der Waals surface area contributed by atoms with Gasteiger partial charge in [-0.2, -0.15) is 0 Å². The number of allylic oxidation sites excluding steroid dienone is 1. The molecule has 0 radical (unpaired) electrons. The predicted molar refractivity (Wildman–Crippen MR) is 81.0 cm³/mol. The molecule has 0 saturated heterocycles. The Hall–Kier alpha value is -2.61. The SMILES string of the molecule is O=C(O)CC1=Cc2ccccc2C1=Cc1ccccc1. The second-order valence-corrected chi connectivity index (χ2v) is 4.80. The summed E-state index contributed by atoms with van der Waals surface area (Å²) in [4.78, 5) is 11.0. The minimum Gasteiger partial charge on any atom is -0.481 e. The van der Waals surface area contributed by atoms with Gasteiger partial charge in [-0.05, 0) is 40.0 Å². The minimum absolute atomic E-state index is 0.0490. The molecule has 1 N–H and O–H groups in total. The first kappa shape index (κ1) is 12.4. The Balaban J connectivity index is 2.08. The van der Waals surface area contributed by atoms with E-state index in [4.69, 9.17) is 5.11 Å². The van der Waals surface area contributed by atoms with Crippen molar-refractivity contribution in [2.45, 2.75) is 6.42 Å². The topological polar surface area (TPSA) is 37.3 Å². The van der Waals surface area contributed by atoms with Gasteiger partial charge in [-0.25, -0.2) is 0 Å². The summed E-state index contributed by atoms with van der Waals surface area (Å²) in [7, 11) is 0. The molecule has 0 aliphatic heterocycles. The van der Waals surface area contributed by atoms with Crippen LogP contribution in [0.15, 0.2) is 60.2 Å². The van der Waals surface area contributed by atoms with Crippen LogP contribution < -0.4 is 0 Å². The molecule has 0 fully saturated rings. The lowest BCUT2D eigenvalue weighted by Gasteiger charge is -2.06. The van der Waals surface area contributed by atoms with E-state index in [9.17, 15) is 4.79 Å². The second-order valence-electron chi connectivity index (χ2n) is 4.80. The van der Waals surface area contributed by atoms with Crippen LogP contribution in [0.2, 0.25) is 0 Å². The quantitative estimate of drug-likeness (QED) is 0.904. The van der Waals surface area contributed by atoms with Gasteiger partial charge < -0.3 is 5.11 Å². The van der Waals surface area contributed by atoms with Gasteiger partial charge >= 0.3 is 5.97 Å². The molecule has 0 spiro atoms. The van der Waals surface area contributed by atoms with Crippen molar-refractivity contribution in [1.29, 1.82) is 0 Å². The Morgan fingerprint density at radius 2 is 1.70 bits per heavy atom. The van der Waals surface area contributed by atoms with E-state index in [1.807, 2.05) is 60.7 Å². The van der Waals surface area contributed by atoms with E-state index >= 15 is 0 Å². The number of fused-ring (bicyclic) bond motifs is 1. The maximum Gasteiger partial charge on any atom is 0.307 e. The van der Waals surface area contributed by atoms with Gasteiger partial charge in [0.2, 0.25) is 0 Å². The number of carboxylic acid groups (broad SMARTS) is 1. The second kappa shape index (κ2) is 5.17. The fourth-order valence-electron chi connectivity index (χ4n) is 2.50. The molecule has 1 aliphatic carbocycles. The van der Waals surface area contributed by atoms with Crippen LogP contribution in [0.1, 0.15) is 23.1 Å². The fourth-order valence-corrected chi connectivity index (χ4v) is 2.50. The highest BCUT2D eigenvalue weighted by Crippen LogP contribution is 2.38. The average molecular weight is 262 g/mol. The van der Waals surface area contributed by atoms with E-state index in [-0.39, 0.29) is 6.42 Å². The number of carboxylic acids is 1. The molecule has 20 heavy (non-hydrogen) atoms. The van der Waals surface area contributed by atoms with Crippen molar-refractivity contribution in [2.24, 2.45) is 0 Å². The highest BCUT2D eigenvalue weighted by atomic mass is 16.4. The van der Waals surface area contributed by atoms with Crippen LogP contribution in [0.4, 0.5) is 0 Å². The van der Waals surface area contributed by atoms with Crippen molar-refractivity contribution in [2.75, 3.05) is 0 Å². The molecule has 0 bridgehead atoms. The summed E-state index contributed by atoms with van der Waals surface area (Å²) >= 11 is 0. The normalized spacial score (nSPS) is 15.0. The molecule has 2 aromatic rings. The van der Waals surface area contributed by atoms with Gasteiger partial charge in [0.1, 0.15) is 0 Å². The van der Waals surface area contributed by atoms with Crippen molar-refractivity contribution in [3.8, 4) is 0 Å². The number of carbonyl (C=O) groups is 1. The van der Waals surface area contributed by atoms with Crippen molar-refractivity contribution in [3.05, 3.63) is 76.9 Å².